The number of anilines is 2. The minimum Gasteiger partial charge on any atom is -0.464 e. The fourth-order valence-corrected chi connectivity index (χ4v) is 4.37. The summed E-state index contributed by atoms with van der Waals surface area (Å²) < 4.78 is 20.1. The van der Waals surface area contributed by atoms with Crippen molar-refractivity contribution in [3.8, 4) is 0 Å². The highest BCUT2D eigenvalue weighted by molar-refractivity contribution is 5.97. The first-order valence-electron chi connectivity index (χ1n) is 10.00. The number of amides is 2. The van der Waals surface area contributed by atoms with Gasteiger partial charge in [0.2, 0.25) is 11.8 Å². The van der Waals surface area contributed by atoms with Crippen molar-refractivity contribution in [2.75, 3.05) is 16.8 Å². The Labute approximate surface area is 167 Å². The van der Waals surface area contributed by atoms with Gasteiger partial charge >= 0.3 is 0 Å². The highest BCUT2D eigenvalue weighted by Gasteiger charge is 2.24. The molecule has 1 aliphatic carbocycles. The summed E-state index contributed by atoms with van der Waals surface area (Å²) >= 11 is 0. The zero-order chi connectivity index (χ0) is 20.0. The van der Waals surface area contributed by atoms with Gasteiger partial charge in [-0.15, -0.1) is 0 Å². The van der Waals surface area contributed by atoms with E-state index < -0.39 is 5.82 Å². The highest BCUT2D eigenvalue weighted by Crippen LogP contribution is 2.31. The molecule has 148 valence electrons. The lowest BCUT2D eigenvalue weighted by Gasteiger charge is -2.17. The van der Waals surface area contributed by atoms with Crippen LogP contribution >= 0.6 is 0 Å². The molecule has 5 rings (SSSR count). The lowest BCUT2D eigenvalue weighted by molar-refractivity contribution is -0.117. The predicted octanol–water partition coefficient (Wildman–Crippen LogP) is 4.37. The number of furan rings is 1. The third-order valence-electron chi connectivity index (χ3n) is 5.81. The van der Waals surface area contributed by atoms with Crippen LogP contribution in [-0.2, 0) is 28.9 Å². The van der Waals surface area contributed by atoms with Crippen LogP contribution in [0.15, 0.2) is 41.0 Å². The van der Waals surface area contributed by atoms with Crippen LogP contribution in [0.3, 0.4) is 0 Å². The Morgan fingerprint density at radius 1 is 1.10 bits per heavy atom. The van der Waals surface area contributed by atoms with E-state index in [2.05, 4.69) is 17.4 Å². The fourth-order valence-electron chi connectivity index (χ4n) is 4.37. The molecular formula is C23H21FN2O3. The molecule has 0 atom stereocenters. The summed E-state index contributed by atoms with van der Waals surface area (Å²) in [7, 11) is 0. The van der Waals surface area contributed by atoms with E-state index in [-0.39, 0.29) is 23.9 Å². The van der Waals surface area contributed by atoms with Crippen molar-refractivity contribution in [3.05, 3.63) is 59.1 Å². The normalized spacial score (nSPS) is 15.9. The Kier molecular flexibility index (Phi) is 4.34. The quantitative estimate of drug-likeness (QED) is 0.717. The summed E-state index contributed by atoms with van der Waals surface area (Å²) in [6.45, 7) is 0.527. The molecule has 0 saturated carbocycles. The number of rotatable bonds is 4. The maximum absolute atomic E-state index is 14.5. The van der Waals surface area contributed by atoms with Crippen LogP contribution in [0, 0.1) is 5.82 Å². The zero-order valence-corrected chi connectivity index (χ0v) is 16.0. The number of benzene rings is 2. The van der Waals surface area contributed by atoms with Gasteiger partial charge in [-0.25, -0.2) is 4.39 Å². The molecule has 5 nitrogen and oxygen atoms in total. The first kappa shape index (κ1) is 17.9. The Morgan fingerprint density at radius 2 is 1.93 bits per heavy atom. The lowest BCUT2D eigenvalue weighted by Crippen LogP contribution is -2.24. The van der Waals surface area contributed by atoms with Crippen LogP contribution in [-0.4, -0.2) is 18.4 Å². The molecule has 6 heteroatoms. The molecule has 0 bridgehead atoms. The number of carbonyl (C=O) groups excluding carboxylic acids is 2. The Morgan fingerprint density at radius 3 is 2.69 bits per heavy atom. The molecule has 1 saturated heterocycles. The molecule has 0 unspecified atom stereocenters. The van der Waals surface area contributed by atoms with Gasteiger partial charge in [-0.3, -0.25) is 9.59 Å². The van der Waals surface area contributed by atoms with Crippen LogP contribution in [0.5, 0.6) is 0 Å². The van der Waals surface area contributed by atoms with Crippen molar-refractivity contribution < 1.29 is 18.4 Å². The molecule has 0 radical (unpaired) electrons. The molecule has 2 heterocycles. The summed E-state index contributed by atoms with van der Waals surface area (Å²) in [4.78, 5) is 25.8. The number of hydrogen-bond donors (Lipinski definition) is 1. The van der Waals surface area contributed by atoms with Crippen LogP contribution < -0.4 is 10.2 Å². The monoisotopic (exact) mass is 392 g/mol. The second kappa shape index (κ2) is 7.03. The van der Waals surface area contributed by atoms with E-state index in [1.807, 2.05) is 0 Å². The largest absolute Gasteiger partial charge is 0.464 e. The van der Waals surface area contributed by atoms with Gasteiger partial charge in [-0.1, -0.05) is 0 Å². The number of hydrogen-bond acceptors (Lipinski definition) is 3. The van der Waals surface area contributed by atoms with E-state index >= 15 is 0 Å². The van der Waals surface area contributed by atoms with Crippen molar-refractivity contribution in [2.45, 2.75) is 38.5 Å². The smallest absolute Gasteiger partial charge is 0.228 e. The SMILES string of the molecule is O=C(Cc1coc2cc3c(cc12)CCC3)Nc1ccc(N2CCCC2=O)c(F)c1. The molecule has 1 aliphatic heterocycles. The average molecular weight is 392 g/mol. The Hall–Kier alpha value is -3.15. The zero-order valence-electron chi connectivity index (χ0n) is 16.0. The van der Waals surface area contributed by atoms with Crippen molar-refractivity contribution in [1.82, 2.24) is 0 Å². The summed E-state index contributed by atoms with van der Waals surface area (Å²) in [5, 5.41) is 3.71. The number of nitrogens with zero attached hydrogens (tertiary/aromatic N) is 1. The predicted molar refractivity (Wildman–Crippen MR) is 109 cm³/mol. The maximum atomic E-state index is 14.5. The minimum absolute atomic E-state index is 0.0704. The van der Waals surface area contributed by atoms with Crippen LogP contribution in [0.1, 0.15) is 36.0 Å². The van der Waals surface area contributed by atoms with Gasteiger partial charge < -0.3 is 14.6 Å². The number of halogens is 1. The van der Waals surface area contributed by atoms with Gasteiger partial charge in [-0.05, 0) is 67.1 Å². The highest BCUT2D eigenvalue weighted by atomic mass is 19.1. The summed E-state index contributed by atoms with van der Waals surface area (Å²) in [6, 6.07) is 8.64. The number of aryl methyl sites for hydroxylation is 2. The number of carbonyl (C=O) groups is 2. The number of nitrogens with one attached hydrogen (secondary N) is 1. The fraction of sp³-hybridized carbons (Fsp3) is 0.304. The van der Waals surface area contributed by atoms with Crippen LogP contribution in [0.4, 0.5) is 15.8 Å². The van der Waals surface area contributed by atoms with E-state index in [0.29, 0.717) is 18.7 Å². The number of fused-ring (bicyclic) bond motifs is 2. The molecule has 1 aromatic heterocycles. The standard InChI is InChI=1S/C23H21FN2O3/c24-19-12-17(6-7-20(19)26-8-2-5-23(26)28)25-22(27)11-16-13-29-21-10-15-4-1-3-14(15)9-18(16)21/h6-7,9-10,12-13H,1-5,8,11H2,(H,25,27). The van der Waals surface area contributed by atoms with Gasteiger partial charge in [0.25, 0.3) is 0 Å². The second-order valence-corrected chi connectivity index (χ2v) is 7.77. The van der Waals surface area contributed by atoms with Crippen molar-refractivity contribution in [2.24, 2.45) is 0 Å². The molecule has 1 fully saturated rings. The average Bonchev–Trinajstić information content (AvgIpc) is 3.41. The maximum Gasteiger partial charge on any atom is 0.228 e. The Balaban J connectivity index is 1.31. The van der Waals surface area contributed by atoms with Gasteiger partial charge in [0.15, 0.2) is 0 Å². The summed E-state index contributed by atoms with van der Waals surface area (Å²) in [5.74, 6) is -0.820. The van der Waals surface area contributed by atoms with E-state index in [4.69, 9.17) is 4.42 Å². The second-order valence-electron chi connectivity index (χ2n) is 7.77. The van der Waals surface area contributed by atoms with Crippen LogP contribution in [0.25, 0.3) is 11.0 Å². The molecular weight excluding hydrogens is 371 g/mol. The van der Waals surface area contributed by atoms with Gasteiger partial charge in [0, 0.05) is 29.6 Å². The third kappa shape index (κ3) is 3.28. The molecule has 2 aromatic carbocycles. The molecule has 0 spiro atoms. The third-order valence-corrected chi connectivity index (χ3v) is 5.81. The van der Waals surface area contributed by atoms with E-state index in [1.54, 1.807) is 18.4 Å². The van der Waals surface area contributed by atoms with Crippen LogP contribution in [0.2, 0.25) is 0 Å². The van der Waals surface area contributed by atoms with Gasteiger partial charge in [-0.2, -0.15) is 0 Å². The van der Waals surface area contributed by atoms with Gasteiger partial charge in [0.05, 0.1) is 18.4 Å². The van der Waals surface area contributed by atoms with E-state index in [1.165, 1.54) is 22.1 Å². The summed E-state index contributed by atoms with van der Waals surface area (Å²) in [6.07, 6.45) is 6.25. The van der Waals surface area contributed by atoms with Crippen molar-refractivity contribution in [1.29, 1.82) is 0 Å². The van der Waals surface area contributed by atoms with Crippen molar-refractivity contribution in [3.63, 3.8) is 0 Å². The van der Waals surface area contributed by atoms with E-state index in [9.17, 15) is 14.0 Å². The van der Waals surface area contributed by atoms with Crippen molar-refractivity contribution >= 4 is 34.2 Å². The molecule has 1 N–H and O–H groups in total. The first-order valence-corrected chi connectivity index (χ1v) is 10.00. The van der Waals surface area contributed by atoms with E-state index in [0.717, 1.165) is 42.2 Å². The molecule has 2 amide bonds. The Bertz CT molecular complexity index is 1130. The first-order chi connectivity index (χ1) is 14.1. The topological polar surface area (TPSA) is 62.6 Å². The lowest BCUT2D eigenvalue weighted by atomic mass is 10.0. The molecule has 2 aliphatic rings. The molecule has 29 heavy (non-hydrogen) atoms. The van der Waals surface area contributed by atoms with Gasteiger partial charge in [0.1, 0.15) is 11.4 Å². The minimum atomic E-state index is -0.512. The summed E-state index contributed by atoms with van der Waals surface area (Å²) in [5.41, 5.74) is 4.92. The molecule has 3 aromatic rings.